The zero-order chi connectivity index (χ0) is 32.9. The van der Waals surface area contributed by atoms with Crippen LogP contribution in [0, 0.1) is 0 Å². The average molecular weight is 684 g/mol. The van der Waals surface area contributed by atoms with Crippen molar-refractivity contribution in [1.82, 2.24) is 33.6 Å². The van der Waals surface area contributed by atoms with Crippen LogP contribution >= 0.6 is 13.5 Å². The summed E-state index contributed by atoms with van der Waals surface area (Å²) in [5.41, 5.74) is 5.42. The molecule has 0 aromatic carbocycles. The van der Waals surface area contributed by atoms with Gasteiger partial charge in [0.2, 0.25) is 0 Å². The van der Waals surface area contributed by atoms with Crippen LogP contribution in [0.3, 0.4) is 0 Å². The molecule has 2 saturated heterocycles. The lowest BCUT2D eigenvalue weighted by Gasteiger charge is -2.46. The van der Waals surface area contributed by atoms with Gasteiger partial charge in [-0.2, -0.15) is 18.6 Å². The van der Waals surface area contributed by atoms with Crippen LogP contribution < -0.4 is 21.3 Å². The number of nitrogens with zero attached hydrogens (tertiary/aromatic N) is 8. The summed E-state index contributed by atoms with van der Waals surface area (Å²) in [6.07, 6.45) is 10.6. The van der Waals surface area contributed by atoms with E-state index in [0.717, 1.165) is 75.5 Å². The second kappa shape index (κ2) is 13.4. The number of nitrogens with one attached hydrogen (secondary N) is 1. The maximum absolute atomic E-state index is 13.7. The minimum Gasteiger partial charge on any atom is -0.392 e. The van der Waals surface area contributed by atoms with Gasteiger partial charge in [-0.05, 0) is 74.1 Å². The Morgan fingerprint density at radius 2 is 1.88 bits per heavy atom. The van der Waals surface area contributed by atoms with Crippen molar-refractivity contribution in [3.8, 4) is 16.9 Å². The molecule has 0 radical (unpaired) electrons. The summed E-state index contributed by atoms with van der Waals surface area (Å²) in [6.45, 7) is 6.39. The number of ether oxygens (including phenoxy) is 1. The summed E-state index contributed by atoms with van der Waals surface area (Å²) >= 11 is 0. The normalized spacial score (nSPS) is 18.2. The van der Waals surface area contributed by atoms with Gasteiger partial charge < -0.3 is 24.6 Å². The zero-order valence-corrected chi connectivity index (χ0v) is 28.7. The molecular formula is C35H41N9O4S. The number of pyridine rings is 3. The van der Waals surface area contributed by atoms with Gasteiger partial charge in [0.1, 0.15) is 29.2 Å². The second-order valence-corrected chi connectivity index (χ2v) is 13.1. The fourth-order valence-electron chi connectivity index (χ4n) is 7.36. The summed E-state index contributed by atoms with van der Waals surface area (Å²) in [5.74, 6) is 0.843. The average Bonchev–Trinajstić information content (AvgIpc) is 3.46. The van der Waals surface area contributed by atoms with Crippen molar-refractivity contribution in [2.24, 2.45) is 7.05 Å². The van der Waals surface area contributed by atoms with Crippen molar-refractivity contribution in [3.63, 3.8) is 0 Å². The Morgan fingerprint density at radius 1 is 1.04 bits per heavy atom. The highest BCUT2D eigenvalue weighted by Gasteiger charge is 2.32. The van der Waals surface area contributed by atoms with Crippen LogP contribution in [0.15, 0.2) is 64.8 Å². The van der Waals surface area contributed by atoms with Crippen molar-refractivity contribution >= 4 is 36.2 Å². The van der Waals surface area contributed by atoms with Gasteiger partial charge in [-0.3, -0.25) is 14.5 Å². The first-order valence-electron chi connectivity index (χ1n) is 16.6. The predicted molar refractivity (Wildman–Crippen MR) is 193 cm³/mol. The van der Waals surface area contributed by atoms with Gasteiger partial charge in [0.05, 0.1) is 37.7 Å². The lowest BCUT2D eigenvalue weighted by molar-refractivity contribution is -0.0691. The van der Waals surface area contributed by atoms with E-state index in [4.69, 9.17) is 4.74 Å². The van der Waals surface area contributed by atoms with Crippen LogP contribution in [-0.2, 0) is 31.2 Å². The number of fused-ring (bicyclic) bond motifs is 3. The van der Waals surface area contributed by atoms with Gasteiger partial charge in [-0.15, -0.1) is 0 Å². The molecule has 8 rings (SSSR count). The molecule has 256 valence electrons. The molecular weight excluding hydrogens is 643 g/mol. The number of aliphatic hydroxyl groups is 1. The molecule has 2 N–H and O–H groups in total. The van der Waals surface area contributed by atoms with Gasteiger partial charge in [-0.1, -0.05) is 0 Å². The van der Waals surface area contributed by atoms with Crippen molar-refractivity contribution in [2.45, 2.75) is 51.3 Å². The van der Waals surface area contributed by atoms with Gasteiger partial charge in [0, 0.05) is 61.9 Å². The van der Waals surface area contributed by atoms with Gasteiger partial charge in [0.15, 0.2) is 0 Å². The third kappa shape index (κ3) is 5.92. The smallest absolute Gasteiger partial charge is 0.283 e. The van der Waals surface area contributed by atoms with E-state index in [0.29, 0.717) is 51.6 Å². The SMILES string of the molecule is C[C@H]1CN(C2COC2)CCN1c1ccc(Nc2cc(-c3ccnc(-n4cnn5c6c(cc5c4=O)CCCC6)c3CO)cn(C)c2=O)nc1.S. The number of hydrogen-bond acceptors (Lipinski definition) is 10. The molecule has 5 aromatic heterocycles. The van der Waals surface area contributed by atoms with Crippen LogP contribution in [-0.4, -0.2) is 83.7 Å². The lowest BCUT2D eigenvalue weighted by atomic mass is 9.98. The fourth-order valence-corrected chi connectivity index (χ4v) is 7.36. The number of rotatable bonds is 7. The lowest BCUT2D eigenvalue weighted by Crippen LogP contribution is -2.59. The Hall–Kier alpha value is -4.50. The third-order valence-corrected chi connectivity index (χ3v) is 10.0. The number of aliphatic hydroxyl groups excluding tert-OH is 1. The Balaban J connectivity index is 0.00000378. The first-order valence-corrected chi connectivity index (χ1v) is 16.6. The number of piperazine rings is 1. The van der Waals surface area contributed by atoms with E-state index < -0.39 is 0 Å². The monoisotopic (exact) mass is 683 g/mol. The molecule has 0 bridgehead atoms. The summed E-state index contributed by atoms with van der Waals surface area (Å²) in [5, 5.41) is 18.4. The van der Waals surface area contributed by atoms with Crippen molar-refractivity contribution in [1.29, 1.82) is 0 Å². The molecule has 0 saturated carbocycles. The molecule has 2 aliphatic heterocycles. The molecule has 49 heavy (non-hydrogen) atoms. The van der Waals surface area contributed by atoms with Crippen LogP contribution in [0.25, 0.3) is 22.5 Å². The third-order valence-electron chi connectivity index (χ3n) is 10.0. The van der Waals surface area contributed by atoms with Crippen LogP contribution in [0.2, 0.25) is 0 Å². The van der Waals surface area contributed by atoms with E-state index in [9.17, 15) is 14.7 Å². The quantitative estimate of drug-likeness (QED) is 0.264. The Kier molecular flexibility index (Phi) is 9.05. The van der Waals surface area contributed by atoms with E-state index in [1.807, 2.05) is 24.4 Å². The molecule has 13 nitrogen and oxygen atoms in total. The Bertz CT molecular complexity index is 2120. The fraction of sp³-hybridized carbons (Fsp3) is 0.400. The highest BCUT2D eigenvalue weighted by molar-refractivity contribution is 7.59. The van der Waals surface area contributed by atoms with E-state index in [1.54, 1.807) is 36.1 Å². The minimum atomic E-state index is -0.372. The molecule has 3 aliphatic rings. The summed E-state index contributed by atoms with van der Waals surface area (Å²) < 4.78 is 10.0. The highest BCUT2D eigenvalue weighted by Crippen LogP contribution is 2.30. The molecule has 7 heterocycles. The number of aryl methyl sites for hydroxylation is 3. The Morgan fingerprint density at radius 3 is 2.61 bits per heavy atom. The molecule has 1 aliphatic carbocycles. The maximum atomic E-state index is 13.7. The van der Waals surface area contributed by atoms with E-state index in [-0.39, 0.29) is 31.2 Å². The number of hydrogen-bond donors (Lipinski definition) is 2. The zero-order valence-electron chi connectivity index (χ0n) is 27.7. The first-order chi connectivity index (χ1) is 23.4. The predicted octanol–water partition coefficient (Wildman–Crippen LogP) is 2.78. The van der Waals surface area contributed by atoms with Gasteiger partial charge in [0.25, 0.3) is 11.1 Å². The molecule has 0 amide bonds. The minimum absolute atomic E-state index is 0. The van der Waals surface area contributed by atoms with E-state index in [2.05, 4.69) is 37.1 Å². The van der Waals surface area contributed by atoms with Crippen LogP contribution in [0.5, 0.6) is 0 Å². The van der Waals surface area contributed by atoms with Crippen LogP contribution in [0.1, 0.15) is 36.6 Å². The highest BCUT2D eigenvalue weighted by atomic mass is 32.1. The van der Waals surface area contributed by atoms with Crippen molar-refractivity contribution < 1.29 is 9.84 Å². The Labute approximate surface area is 290 Å². The molecule has 2 fully saturated rings. The molecule has 0 unspecified atom stereocenters. The van der Waals surface area contributed by atoms with Crippen molar-refractivity contribution in [3.05, 3.63) is 92.8 Å². The summed E-state index contributed by atoms with van der Waals surface area (Å²) in [4.78, 5) is 41.0. The van der Waals surface area contributed by atoms with E-state index >= 15 is 0 Å². The van der Waals surface area contributed by atoms with Gasteiger partial charge >= 0.3 is 0 Å². The van der Waals surface area contributed by atoms with Crippen molar-refractivity contribution in [2.75, 3.05) is 43.1 Å². The molecule has 1 atom stereocenters. The summed E-state index contributed by atoms with van der Waals surface area (Å²) in [7, 11) is 1.68. The standard InChI is InChI=1S/C35H39N9O4.H2S/c1-22-16-41(26-19-48-20-26)11-12-42(22)25-7-8-32(37-15-25)39-29-13-24(17-40(2)34(29)46)27-9-10-36-33(28(27)18-45)43-21-38-44-30-6-4-3-5-23(30)14-31(44)35(43)47;/h7-10,13-15,17,21-22,26,45H,3-6,11-12,16,18-20H2,1-2H3,(H,37,39);1H2/t22-;/m0./s1. The topological polar surface area (TPSA) is 135 Å². The molecule has 14 heteroatoms. The summed E-state index contributed by atoms with van der Waals surface area (Å²) in [6, 6.07) is 10.2. The number of aromatic nitrogens is 6. The first kappa shape index (κ1) is 33.0. The largest absolute Gasteiger partial charge is 0.392 e. The van der Waals surface area contributed by atoms with Gasteiger partial charge in [-0.25, -0.2) is 19.1 Å². The van der Waals surface area contributed by atoms with Crippen LogP contribution in [0.4, 0.5) is 17.2 Å². The van der Waals surface area contributed by atoms with E-state index in [1.165, 1.54) is 15.5 Å². The molecule has 5 aromatic rings. The second-order valence-electron chi connectivity index (χ2n) is 13.1. The maximum Gasteiger partial charge on any atom is 0.283 e. The number of anilines is 3. The molecule has 0 spiro atoms.